The minimum atomic E-state index is -0.239. The highest BCUT2D eigenvalue weighted by Gasteiger charge is 2.28. The Balaban J connectivity index is 2.99. The molecular formula is C13H24ClN3. The normalized spacial score (nSPS) is 16.9. The van der Waals surface area contributed by atoms with Gasteiger partial charge in [0, 0.05) is 19.0 Å². The zero-order chi connectivity index (χ0) is 13.2. The second kappa shape index (κ2) is 5.40. The van der Waals surface area contributed by atoms with Crippen molar-refractivity contribution in [3.8, 4) is 0 Å². The van der Waals surface area contributed by atoms with Crippen molar-refractivity contribution >= 4 is 11.6 Å². The smallest absolute Gasteiger partial charge is 0.0850 e. The van der Waals surface area contributed by atoms with Crippen LogP contribution in [0.4, 0.5) is 0 Å². The summed E-state index contributed by atoms with van der Waals surface area (Å²) >= 11 is 6.34. The van der Waals surface area contributed by atoms with Gasteiger partial charge in [0.05, 0.1) is 16.4 Å². The van der Waals surface area contributed by atoms with E-state index in [1.54, 1.807) is 0 Å². The van der Waals surface area contributed by atoms with Gasteiger partial charge in [0.25, 0.3) is 0 Å². The lowest BCUT2D eigenvalue weighted by atomic mass is 9.82. The van der Waals surface area contributed by atoms with Crippen molar-refractivity contribution < 1.29 is 0 Å². The molecule has 17 heavy (non-hydrogen) atoms. The molecular weight excluding hydrogens is 234 g/mol. The monoisotopic (exact) mass is 257 g/mol. The van der Waals surface area contributed by atoms with Crippen LogP contribution in [-0.2, 0) is 19.9 Å². The average Bonchev–Trinajstić information content (AvgIpc) is 2.54. The number of hydrogen-bond acceptors (Lipinski definition) is 2. The molecule has 0 saturated carbocycles. The lowest BCUT2D eigenvalue weighted by Crippen LogP contribution is -2.45. The molecule has 4 heteroatoms. The molecule has 1 heterocycles. The van der Waals surface area contributed by atoms with Gasteiger partial charge in [0.1, 0.15) is 0 Å². The highest BCUT2D eigenvalue weighted by atomic mass is 35.5. The van der Waals surface area contributed by atoms with Crippen molar-refractivity contribution in [2.24, 2.45) is 18.7 Å². The second-order valence-electron chi connectivity index (χ2n) is 5.18. The number of nitrogens with two attached hydrogens (primary N) is 1. The zero-order valence-electron chi connectivity index (χ0n) is 11.5. The summed E-state index contributed by atoms with van der Waals surface area (Å²) in [5, 5.41) is 5.21. The summed E-state index contributed by atoms with van der Waals surface area (Å²) in [7, 11) is 1.94. The first kappa shape index (κ1) is 14.5. The molecule has 0 bridgehead atoms. The van der Waals surface area contributed by atoms with E-state index in [-0.39, 0.29) is 5.54 Å². The van der Waals surface area contributed by atoms with E-state index in [9.17, 15) is 0 Å². The van der Waals surface area contributed by atoms with Crippen molar-refractivity contribution in [2.75, 3.05) is 0 Å². The van der Waals surface area contributed by atoms with E-state index >= 15 is 0 Å². The van der Waals surface area contributed by atoms with Crippen molar-refractivity contribution in [1.82, 2.24) is 9.78 Å². The van der Waals surface area contributed by atoms with E-state index in [1.807, 2.05) is 11.7 Å². The Labute approximate surface area is 109 Å². The summed E-state index contributed by atoms with van der Waals surface area (Å²) in [6, 6.07) is 0. The molecule has 0 amide bonds. The summed E-state index contributed by atoms with van der Waals surface area (Å²) in [6.45, 7) is 8.51. The Bertz CT molecular complexity index is 382. The van der Waals surface area contributed by atoms with Gasteiger partial charge in [-0.3, -0.25) is 4.68 Å². The topological polar surface area (TPSA) is 43.8 Å². The SMILES string of the molecule is CCc1nn(C)c(CC(C)(N)C(C)CC)c1Cl. The third-order valence-corrected chi connectivity index (χ3v) is 4.23. The van der Waals surface area contributed by atoms with Crippen LogP contribution in [0.15, 0.2) is 0 Å². The fourth-order valence-corrected chi connectivity index (χ4v) is 2.37. The molecule has 0 saturated heterocycles. The maximum absolute atomic E-state index is 6.39. The molecule has 1 aromatic heterocycles. The summed E-state index contributed by atoms with van der Waals surface area (Å²) in [6.07, 6.45) is 2.70. The van der Waals surface area contributed by atoms with Gasteiger partial charge in [0.2, 0.25) is 0 Å². The summed E-state index contributed by atoms with van der Waals surface area (Å²) in [5.41, 5.74) is 8.16. The van der Waals surface area contributed by atoms with E-state index in [4.69, 9.17) is 17.3 Å². The maximum atomic E-state index is 6.39. The van der Waals surface area contributed by atoms with Crippen LogP contribution in [-0.4, -0.2) is 15.3 Å². The molecule has 0 aromatic carbocycles. The van der Waals surface area contributed by atoms with Gasteiger partial charge in [-0.15, -0.1) is 0 Å². The molecule has 2 N–H and O–H groups in total. The third-order valence-electron chi connectivity index (χ3n) is 3.79. The number of rotatable bonds is 5. The van der Waals surface area contributed by atoms with E-state index in [1.165, 1.54) is 0 Å². The van der Waals surface area contributed by atoms with Gasteiger partial charge in [-0.2, -0.15) is 5.10 Å². The first-order valence-corrected chi connectivity index (χ1v) is 6.70. The van der Waals surface area contributed by atoms with Crippen LogP contribution in [0, 0.1) is 5.92 Å². The molecule has 0 radical (unpaired) electrons. The number of halogens is 1. The fourth-order valence-electron chi connectivity index (χ4n) is 2.01. The van der Waals surface area contributed by atoms with Crippen molar-refractivity contribution in [2.45, 2.75) is 52.5 Å². The molecule has 0 spiro atoms. The number of nitrogens with zero attached hydrogens (tertiary/aromatic N) is 2. The lowest BCUT2D eigenvalue weighted by Gasteiger charge is -2.31. The molecule has 0 aliphatic rings. The van der Waals surface area contributed by atoms with Gasteiger partial charge >= 0.3 is 0 Å². The van der Waals surface area contributed by atoms with E-state index in [0.717, 1.165) is 35.7 Å². The maximum Gasteiger partial charge on any atom is 0.0850 e. The van der Waals surface area contributed by atoms with Crippen LogP contribution in [0.5, 0.6) is 0 Å². The largest absolute Gasteiger partial charge is 0.325 e. The summed E-state index contributed by atoms with van der Waals surface area (Å²) < 4.78 is 1.87. The standard InChI is InChI=1S/C13H24ClN3/c1-6-9(3)13(4,15)8-11-12(14)10(7-2)16-17(11)5/h9H,6-8,15H2,1-5H3. The van der Waals surface area contributed by atoms with Crippen molar-refractivity contribution in [1.29, 1.82) is 0 Å². The van der Waals surface area contributed by atoms with Gasteiger partial charge in [-0.1, -0.05) is 38.8 Å². The minimum absolute atomic E-state index is 0.239. The molecule has 98 valence electrons. The molecule has 0 fully saturated rings. The number of aryl methyl sites for hydroxylation is 2. The van der Waals surface area contributed by atoms with Crippen LogP contribution in [0.25, 0.3) is 0 Å². The Morgan fingerprint density at radius 3 is 2.47 bits per heavy atom. The molecule has 1 aromatic rings. The summed E-state index contributed by atoms with van der Waals surface area (Å²) in [4.78, 5) is 0. The first-order chi connectivity index (χ1) is 7.83. The molecule has 3 nitrogen and oxygen atoms in total. The average molecular weight is 258 g/mol. The Morgan fingerprint density at radius 1 is 1.47 bits per heavy atom. The Kier molecular flexibility index (Phi) is 4.62. The van der Waals surface area contributed by atoms with E-state index in [2.05, 4.69) is 32.8 Å². The number of aromatic nitrogens is 2. The van der Waals surface area contributed by atoms with Gasteiger partial charge in [0.15, 0.2) is 0 Å². The van der Waals surface area contributed by atoms with Gasteiger partial charge in [-0.05, 0) is 19.3 Å². The van der Waals surface area contributed by atoms with Crippen LogP contribution in [0.3, 0.4) is 0 Å². The predicted molar refractivity (Wildman–Crippen MR) is 73.3 cm³/mol. The molecule has 0 aliphatic carbocycles. The molecule has 2 unspecified atom stereocenters. The molecule has 1 rings (SSSR count). The van der Waals surface area contributed by atoms with Crippen LogP contribution in [0.1, 0.15) is 45.5 Å². The van der Waals surface area contributed by atoms with Crippen LogP contribution in [0.2, 0.25) is 5.02 Å². The molecule has 0 aliphatic heterocycles. The summed E-state index contributed by atoms with van der Waals surface area (Å²) in [5.74, 6) is 0.457. The Hall–Kier alpha value is -0.540. The second-order valence-corrected chi connectivity index (χ2v) is 5.55. The van der Waals surface area contributed by atoms with Gasteiger partial charge in [-0.25, -0.2) is 0 Å². The van der Waals surface area contributed by atoms with Crippen molar-refractivity contribution in [3.63, 3.8) is 0 Å². The highest BCUT2D eigenvalue weighted by Crippen LogP contribution is 2.28. The van der Waals surface area contributed by atoms with E-state index in [0.29, 0.717) is 5.92 Å². The highest BCUT2D eigenvalue weighted by molar-refractivity contribution is 6.31. The van der Waals surface area contributed by atoms with Crippen LogP contribution < -0.4 is 5.73 Å². The van der Waals surface area contributed by atoms with E-state index < -0.39 is 0 Å². The van der Waals surface area contributed by atoms with Crippen LogP contribution >= 0.6 is 11.6 Å². The predicted octanol–water partition coefficient (Wildman–Crippen LogP) is 2.94. The third kappa shape index (κ3) is 3.02. The Morgan fingerprint density at radius 2 is 2.06 bits per heavy atom. The number of hydrogen-bond donors (Lipinski definition) is 1. The lowest BCUT2D eigenvalue weighted by molar-refractivity contribution is 0.301. The van der Waals surface area contributed by atoms with Crippen molar-refractivity contribution in [3.05, 3.63) is 16.4 Å². The first-order valence-electron chi connectivity index (χ1n) is 6.32. The minimum Gasteiger partial charge on any atom is -0.325 e. The fraction of sp³-hybridized carbons (Fsp3) is 0.769. The molecule has 2 atom stereocenters. The zero-order valence-corrected chi connectivity index (χ0v) is 12.3. The van der Waals surface area contributed by atoms with Gasteiger partial charge < -0.3 is 5.73 Å². The quantitative estimate of drug-likeness (QED) is 0.882.